The van der Waals surface area contributed by atoms with Crippen molar-refractivity contribution < 1.29 is 0 Å². The van der Waals surface area contributed by atoms with Gasteiger partial charge in [0.1, 0.15) is 5.82 Å². The summed E-state index contributed by atoms with van der Waals surface area (Å²) in [6, 6.07) is 9.85. The van der Waals surface area contributed by atoms with Gasteiger partial charge in [0.2, 0.25) is 0 Å². The monoisotopic (exact) mass is 276 g/mol. The van der Waals surface area contributed by atoms with Crippen LogP contribution in [0.5, 0.6) is 0 Å². The van der Waals surface area contributed by atoms with Crippen LogP contribution in [0.1, 0.15) is 22.7 Å². The topological polar surface area (TPSA) is 77.0 Å². The summed E-state index contributed by atoms with van der Waals surface area (Å²) in [4.78, 5) is 4.06. The van der Waals surface area contributed by atoms with E-state index in [1.807, 2.05) is 12.1 Å². The number of benzene rings is 1. The molecule has 1 aromatic heterocycles. The van der Waals surface area contributed by atoms with Gasteiger partial charge in [-0.05, 0) is 30.5 Å². The third-order valence-corrected chi connectivity index (χ3v) is 3.38. The number of pyridine rings is 1. The summed E-state index contributed by atoms with van der Waals surface area (Å²) in [7, 11) is 0. The molecule has 1 aromatic carbocycles. The molecule has 0 aliphatic carbocycles. The normalized spacial score (nSPS) is 12.4. The van der Waals surface area contributed by atoms with Gasteiger partial charge in [0.25, 0.3) is 0 Å². The molecule has 0 fully saturated rings. The van der Waals surface area contributed by atoms with E-state index >= 15 is 0 Å². The second-order valence-electron chi connectivity index (χ2n) is 4.48. The number of hydrogen-bond donors (Lipinski definition) is 3. The van der Waals surface area contributed by atoms with Crippen molar-refractivity contribution in [3.63, 3.8) is 0 Å². The Hall–Kier alpha value is -1.62. The minimum Gasteiger partial charge on any atom is -0.383 e. The molecule has 0 amide bonds. The Morgan fingerprint density at radius 3 is 2.79 bits per heavy atom. The number of hydrogen-bond acceptors (Lipinski definition) is 4. The van der Waals surface area contributed by atoms with Gasteiger partial charge in [-0.15, -0.1) is 0 Å². The molecule has 0 spiro atoms. The lowest BCUT2D eigenvalue weighted by molar-refractivity contribution is 0.551. The number of nitrogens with zero attached hydrogens (tertiary/aromatic N) is 1. The highest BCUT2D eigenvalue weighted by Crippen LogP contribution is 2.25. The van der Waals surface area contributed by atoms with E-state index in [1.54, 1.807) is 6.07 Å². The van der Waals surface area contributed by atoms with E-state index in [2.05, 4.69) is 29.5 Å². The zero-order valence-corrected chi connectivity index (χ0v) is 11.5. The largest absolute Gasteiger partial charge is 0.383 e. The third kappa shape index (κ3) is 3.23. The van der Waals surface area contributed by atoms with Crippen molar-refractivity contribution in [1.82, 2.24) is 10.4 Å². The van der Waals surface area contributed by atoms with E-state index in [4.69, 9.17) is 23.2 Å². The molecule has 100 valence electrons. The molecule has 0 saturated heterocycles. The maximum Gasteiger partial charge on any atom is 0.128 e. The lowest BCUT2D eigenvalue weighted by Gasteiger charge is -2.19. The fourth-order valence-corrected chi connectivity index (χ4v) is 2.23. The minimum atomic E-state index is -0.118. The van der Waals surface area contributed by atoms with Crippen LogP contribution >= 0.6 is 11.6 Å². The fourth-order valence-electron chi connectivity index (χ4n) is 2.06. The van der Waals surface area contributed by atoms with Crippen molar-refractivity contribution in [3.8, 4) is 0 Å². The van der Waals surface area contributed by atoms with E-state index in [0.29, 0.717) is 10.8 Å². The molecule has 1 atom stereocenters. The molecule has 19 heavy (non-hydrogen) atoms. The number of nitrogens with two attached hydrogens (primary N) is 2. The Balaban J connectivity index is 2.30. The number of nitrogens with one attached hydrogen (secondary N) is 1. The van der Waals surface area contributed by atoms with Crippen LogP contribution in [0.25, 0.3) is 0 Å². The van der Waals surface area contributed by atoms with Crippen LogP contribution < -0.4 is 17.0 Å². The quantitative estimate of drug-likeness (QED) is 0.592. The van der Waals surface area contributed by atoms with E-state index in [9.17, 15) is 0 Å². The molecule has 0 saturated carbocycles. The molecule has 2 aromatic rings. The predicted octanol–water partition coefficient (Wildman–Crippen LogP) is 2.37. The first-order valence-corrected chi connectivity index (χ1v) is 6.41. The molecule has 4 nitrogen and oxygen atoms in total. The van der Waals surface area contributed by atoms with Gasteiger partial charge < -0.3 is 5.73 Å². The van der Waals surface area contributed by atoms with Crippen molar-refractivity contribution >= 4 is 17.4 Å². The standard InChI is InChI=1S/C14H17ClN4/c1-9-4-2-3-5-10(9)6-13(19-17)12-7-11(15)8-18-14(12)16/h2-5,7-8,13,19H,6,17H2,1H3,(H2,16,18). The first-order valence-electron chi connectivity index (χ1n) is 6.03. The molecule has 0 aliphatic rings. The molecule has 0 bridgehead atoms. The summed E-state index contributed by atoms with van der Waals surface area (Å²) in [5.74, 6) is 6.09. The highest BCUT2D eigenvalue weighted by Gasteiger charge is 2.15. The molecule has 2 rings (SSSR count). The maximum atomic E-state index is 5.97. The number of nitrogen functional groups attached to an aromatic ring is 1. The van der Waals surface area contributed by atoms with Crippen LogP contribution in [0.2, 0.25) is 5.02 Å². The summed E-state index contributed by atoms with van der Waals surface area (Å²) in [5, 5.41) is 0.550. The second kappa shape index (κ2) is 6.02. The van der Waals surface area contributed by atoms with Gasteiger partial charge in [0, 0.05) is 11.8 Å². The summed E-state index contributed by atoms with van der Waals surface area (Å²) in [6.07, 6.45) is 2.26. The molecular formula is C14H17ClN4. The number of halogens is 1. The predicted molar refractivity (Wildman–Crippen MR) is 78.6 cm³/mol. The number of anilines is 1. The van der Waals surface area contributed by atoms with Crippen molar-refractivity contribution in [2.75, 3.05) is 5.73 Å². The van der Waals surface area contributed by atoms with Gasteiger partial charge in [0.15, 0.2) is 0 Å². The van der Waals surface area contributed by atoms with E-state index in [0.717, 1.165) is 12.0 Å². The summed E-state index contributed by atoms with van der Waals surface area (Å²) >= 11 is 5.97. The zero-order chi connectivity index (χ0) is 13.8. The molecule has 5 heteroatoms. The van der Waals surface area contributed by atoms with Gasteiger partial charge in [0.05, 0.1) is 11.1 Å². The Morgan fingerprint density at radius 2 is 2.11 bits per heavy atom. The van der Waals surface area contributed by atoms with Crippen molar-refractivity contribution in [2.45, 2.75) is 19.4 Å². The summed E-state index contributed by atoms with van der Waals surface area (Å²) in [5.41, 5.74) is 11.9. The van der Waals surface area contributed by atoms with E-state index in [1.165, 1.54) is 17.3 Å². The molecule has 0 aliphatic heterocycles. The first kappa shape index (κ1) is 13.8. The Bertz CT molecular complexity index is 571. The molecule has 1 unspecified atom stereocenters. The van der Waals surface area contributed by atoms with Crippen LogP contribution in [0.15, 0.2) is 36.5 Å². The number of aromatic nitrogens is 1. The van der Waals surface area contributed by atoms with E-state index in [-0.39, 0.29) is 6.04 Å². The summed E-state index contributed by atoms with van der Waals surface area (Å²) < 4.78 is 0. The number of aryl methyl sites for hydroxylation is 1. The summed E-state index contributed by atoms with van der Waals surface area (Å²) in [6.45, 7) is 2.07. The smallest absolute Gasteiger partial charge is 0.128 e. The number of hydrazine groups is 1. The Labute approximate surface area is 117 Å². The van der Waals surface area contributed by atoms with Gasteiger partial charge in [-0.1, -0.05) is 35.9 Å². The molecule has 1 heterocycles. The van der Waals surface area contributed by atoms with Gasteiger partial charge in [-0.3, -0.25) is 11.3 Å². The van der Waals surface area contributed by atoms with Crippen LogP contribution in [0, 0.1) is 6.92 Å². The Kier molecular flexibility index (Phi) is 4.37. The number of rotatable bonds is 4. The molecule has 0 radical (unpaired) electrons. The lowest BCUT2D eigenvalue weighted by atomic mass is 9.97. The van der Waals surface area contributed by atoms with Gasteiger partial charge in [-0.2, -0.15) is 0 Å². The minimum absolute atomic E-state index is 0.118. The highest BCUT2D eigenvalue weighted by molar-refractivity contribution is 6.30. The van der Waals surface area contributed by atoms with Gasteiger partial charge >= 0.3 is 0 Å². The van der Waals surface area contributed by atoms with Crippen LogP contribution in [-0.4, -0.2) is 4.98 Å². The van der Waals surface area contributed by atoms with Crippen LogP contribution in [-0.2, 0) is 6.42 Å². The molecular weight excluding hydrogens is 260 g/mol. The van der Waals surface area contributed by atoms with Crippen LogP contribution in [0.3, 0.4) is 0 Å². The fraction of sp³-hybridized carbons (Fsp3) is 0.214. The van der Waals surface area contributed by atoms with E-state index < -0.39 is 0 Å². The highest BCUT2D eigenvalue weighted by atomic mass is 35.5. The SMILES string of the molecule is Cc1ccccc1CC(NN)c1cc(Cl)cnc1N. The maximum absolute atomic E-state index is 5.97. The molecule has 5 N–H and O–H groups in total. The van der Waals surface area contributed by atoms with Gasteiger partial charge in [-0.25, -0.2) is 4.98 Å². The average molecular weight is 277 g/mol. The van der Waals surface area contributed by atoms with Crippen molar-refractivity contribution in [2.24, 2.45) is 5.84 Å². The Morgan fingerprint density at radius 1 is 1.37 bits per heavy atom. The second-order valence-corrected chi connectivity index (χ2v) is 4.91. The van der Waals surface area contributed by atoms with Crippen molar-refractivity contribution in [1.29, 1.82) is 0 Å². The zero-order valence-electron chi connectivity index (χ0n) is 10.7. The van der Waals surface area contributed by atoms with Crippen LogP contribution in [0.4, 0.5) is 5.82 Å². The third-order valence-electron chi connectivity index (χ3n) is 3.18. The lowest BCUT2D eigenvalue weighted by Crippen LogP contribution is -2.30. The average Bonchev–Trinajstić information content (AvgIpc) is 2.41. The van der Waals surface area contributed by atoms with Crippen molar-refractivity contribution in [3.05, 3.63) is 58.2 Å². The first-order chi connectivity index (χ1) is 9.11.